The summed E-state index contributed by atoms with van der Waals surface area (Å²) in [5, 5.41) is 21.0. The minimum atomic E-state index is -1.04. The molecule has 0 spiro atoms. The number of anilines is 1. The van der Waals surface area contributed by atoms with Crippen LogP contribution in [0, 0.1) is 17.1 Å². The number of halogens is 1. The lowest BCUT2D eigenvalue weighted by molar-refractivity contribution is -0.134. The maximum absolute atomic E-state index is 13.7. The van der Waals surface area contributed by atoms with Gasteiger partial charge in [-0.05, 0) is 50.6 Å². The predicted molar refractivity (Wildman–Crippen MR) is 170 cm³/mol. The van der Waals surface area contributed by atoms with Crippen LogP contribution in [0.2, 0.25) is 0 Å². The first-order valence-corrected chi connectivity index (χ1v) is 15.0. The number of piperazine rings is 1. The fraction of sp³-hybridized carbons (Fsp3) is 0.303. The molecule has 0 aliphatic carbocycles. The SMILES string of the molecule is Cn1cc(-c2cn3ncc(C#N)c3c(-c3ccc(N4CCN(C(=O)[C@H](NC(=O)OC(C)(C)C)c5ccc(F)cc5)CC4)nc3)n2)cn1. The fourth-order valence-electron chi connectivity index (χ4n) is 5.41. The van der Waals surface area contributed by atoms with Gasteiger partial charge in [-0.1, -0.05) is 12.1 Å². The molecule has 1 fully saturated rings. The Balaban J connectivity index is 1.19. The quantitative estimate of drug-likeness (QED) is 0.291. The number of hydrogen-bond donors (Lipinski definition) is 1. The Hall–Kier alpha value is -5.84. The highest BCUT2D eigenvalue weighted by atomic mass is 19.1. The van der Waals surface area contributed by atoms with Crippen molar-refractivity contribution in [2.75, 3.05) is 31.1 Å². The van der Waals surface area contributed by atoms with Gasteiger partial charge in [0.1, 0.15) is 40.4 Å². The molecule has 1 aliphatic rings. The molecule has 0 bridgehead atoms. The smallest absolute Gasteiger partial charge is 0.408 e. The fourth-order valence-corrected chi connectivity index (χ4v) is 5.41. The molecule has 0 unspecified atom stereocenters. The van der Waals surface area contributed by atoms with E-state index in [0.717, 1.165) is 11.4 Å². The van der Waals surface area contributed by atoms with Gasteiger partial charge in [-0.2, -0.15) is 15.5 Å². The van der Waals surface area contributed by atoms with Crippen molar-refractivity contribution in [3.05, 3.63) is 84.3 Å². The van der Waals surface area contributed by atoms with Crippen LogP contribution in [-0.2, 0) is 16.6 Å². The molecule has 1 saturated heterocycles. The van der Waals surface area contributed by atoms with E-state index in [0.29, 0.717) is 59.8 Å². The average Bonchev–Trinajstić information content (AvgIpc) is 3.69. The van der Waals surface area contributed by atoms with Crippen molar-refractivity contribution in [2.24, 2.45) is 7.05 Å². The molecule has 47 heavy (non-hydrogen) atoms. The molecular weight excluding hydrogens is 603 g/mol. The van der Waals surface area contributed by atoms with Crippen LogP contribution >= 0.6 is 0 Å². The number of pyridine rings is 1. The number of nitrogens with one attached hydrogen (secondary N) is 1. The maximum Gasteiger partial charge on any atom is 0.408 e. The number of fused-ring (bicyclic) bond motifs is 1. The molecule has 240 valence electrons. The highest BCUT2D eigenvalue weighted by Crippen LogP contribution is 2.30. The zero-order valence-corrected chi connectivity index (χ0v) is 26.4. The van der Waals surface area contributed by atoms with Crippen molar-refractivity contribution in [1.29, 1.82) is 5.26 Å². The van der Waals surface area contributed by atoms with E-state index in [1.165, 1.54) is 30.5 Å². The zero-order chi connectivity index (χ0) is 33.3. The second kappa shape index (κ2) is 12.5. The third-order valence-electron chi connectivity index (χ3n) is 7.67. The summed E-state index contributed by atoms with van der Waals surface area (Å²) < 4.78 is 22.4. The third-order valence-corrected chi connectivity index (χ3v) is 7.67. The summed E-state index contributed by atoms with van der Waals surface area (Å²) >= 11 is 0. The van der Waals surface area contributed by atoms with E-state index < -0.39 is 23.6 Å². The number of amides is 2. The van der Waals surface area contributed by atoms with Gasteiger partial charge in [0.05, 0.1) is 30.0 Å². The summed E-state index contributed by atoms with van der Waals surface area (Å²) in [6, 6.07) is 10.4. The number of carbonyl (C=O) groups excluding carboxylic acids is 2. The monoisotopic (exact) mass is 636 g/mol. The number of aromatic nitrogens is 6. The summed E-state index contributed by atoms with van der Waals surface area (Å²) in [6.07, 6.45) is 7.83. The Morgan fingerprint density at radius 2 is 1.72 bits per heavy atom. The number of carbonyl (C=O) groups is 2. The Kier molecular flexibility index (Phi) is 8.29. The Labute approximate surface area is 270 Å². The van der Waals surface area contributed by atoms with Crippen molar-refractivity contribution in [3.8, 4) is 28.6 Å². The first kappa shape index (κ1) is 31.2. The molecule has 13 nitrogen and oxygen atoms in total. The number of aryl methyl sites for hydroxylation is 1. The van der Waals surface area contributed by atoms with Gasteiger partial charge < -0.3 is 19.9 Å². The van der Waals surface area contributed by atoms with Crippen LogP contribution in [0.15, 0.2) is 67.4 Å². The second-order valence-corrected chi connectivity index (χ2v) is 12.2. The van der Waals surface area contributed by atoms with Gasteiger partial charge >= 0.3 is 6.09 Å². The zero-order valence-electron chi connectivity index (χ0n) is 26.4. The molecule has 4 aromatic heterocycles. The van der Waals surface area contributed by atoms with E-state index in [2.05, 4.69) is 26.5 Å². The highest BCUT2D eigenvalue weighted by Gasteiger charge is 2.32. The topological polar surface area (TPSA) is 147 Å². The number of alkyl carbamates (subject to hydrolysis) is 1. The summed E-state index contributed by atoms with van der Waals surface area (Å²) in [7, 11) is 1.83. The average molecular weight is 637 g/mol. The van der Waals surface area contributed by atoms with E-state index >= 15 is 0 Å². The van der Waals surface area contributed by atoms with Gasteiger partial charge in [-0.25, -0.2) is 23.7 Å². The van der Waals surface area contributed by atoms with Gasteiger partial charge in [0, 0.05) is 56.7 Å². The van der Waals surface area contributed by atoms with Crippen LogP contribution in [0.4, 0.5) is 15.0 Å². The molecule has 1 aromatic carbocycles. The predicted octanol–water partition coefficient (Wildman–Crippen LogP) is 4.12. The van der Waals surface area contributed by atoms with E-state index in [1.807, 2.05) is 25.4 Å². The van der Waals surface area contributed by atoms with Crippen LogP contribution in [0.1, 0.15) is 37.9 Å². The summed E-state index contributed by atoms with van der Waals surface area (Å²) in [5.41, 5.74) is 3.42. The Morgan fingerprint density at radius 1 is 0.979 bits per heavy atom. The molecule has 6 rings (SSSR count). The molecule has 2 amide bonds. The van der Waals surface area contributed by atoms with E-state index in [9.17, 15) is 19.2 Å². The van der Waals surface area contributed by atoms with Crippen LogP contribution in [0.25, 0.3) is 28.0 Å². The summed E-state index contributed by atoms with van der Waals surface area (Å²) in [5.74, 6) is -0.0409. The minimum Gasteiger partial charge on any atom is -0.444 e. The van der Waals surface area contributed by atoms with Crippen molar-refractivity contribution in [3.63, 3.8) is 0 Å². The maximum atomic E-state index is 13.7. The van der Waals surface area contributed by atoms with Gasteiger partial charge in [0.25, 0.3) is 0 Å². The standard InChI is InChI=1S/C33H33FN10O3/c1-33(2,3)47-32(46)40-29(21-5-8-25(34)9-6-21)31(45)43-13-11-42(12-14-43)27-10-7-22(16-36-27)28-30-23(15-35)17-38-44(30)20-26(39-28)24-18-37-41(4)19-24/h5-10,16-20,29H,11-14H2,1-4H3,(H,40,46)/t29-/m1/s1. The van der Waals surface area contributed by atoms with Gasteiger partial charge in [-0.15, -0.1) is 0 Å². The number of benzene rings is 1. The molecule has 14 heteroatoms. The first-order chi connectivity index (χ1) is 22.5. The summed E-state index contributed by atoms with van der Waals surface area (Å²) in [4.78, 5) is 39.6. The molecule has 1 N–H and O–H groups in total. The first-order valence-electron chi connectivity index (χ1n) is 15.0. The molecule has 0 radical (unpaired) electrons. The summed E-state index contributed by atoms with van der Waals surface area (Å²) in [6.45, 7) is 6.97. The molecular formula is C33H33FN10O3. The third kappa shape index (κ3) is 6.74. The Morgan fingerprint density at radius 3 is 2.34 bits per heavy atom. The van der Waals surface area contributed by atoms with Crippen molar-refractivity contribution >= 4 is 23.3 Å². The molecule has 5 aromatic rings. The van der Waals surface area contributed by atoms with Crippen molar-refractivity contribution < 1.29 is 18.7 Å². The number of nitrogens with zero attached hydrogens (tertiary/aromatic N) is 9. The second-order valence-electron chi connectivity index (χ2n) is 12.2. The number of ether oxygens (including phenoxy) is 1. The normalized spacial score (nSPS) is 14.1. The van der Waals surface area contributed by atoms with Gasteiger partial charge in [-0.3, -0.25) is 9.48 Å². The largest absolute Gasteiger partial charge is 0.444 e. The van der Waals surface area contributed by atoms with E-state index in [4.69, 9.17) is 14.7 Å². The molecule has 1 aliphatic heterocycles. The van der Waals surface area contributed by atoms with Crippen LogP contribution < -0.4 is 10.2 Å². The lowest BCUT2D eigenvalue weighted by Crippen LogP contribution is -2.52. The molecule has 0 saturated carbocycles. The van der Waals surface area contributed by atoms with Gasteiger partial charge in [0.15, 0.2) is 0 Å². The van der Waals surface area contributed by atoms with Crippen molar-refractivity contribution in [1.82, 2.24) is 39.6 Å². The minimum absolute atomic E-state index is 0.317. The molecule has 1 atom stereocenters. The van der Waals surface area contributed by atoms with Crippen LogP contribution in [0.5, 0.6) is 0 Å². The molecule has 5 heterocycles. The van der Waals surface area contributed by atoms with Gasteiger partial charge in [0.2, 0.25) is 5.91 Å². The van der Waals surface area contributed by atoms with Crippen LogP contribution in [0.3, 0.4) is 0 Å². The van der Waals surface area contributed by atoms with E-state index in [1.54, 1.807) is 53.5 Å². The Bertz CT molecular complexity index is 1970. The van der Waals surface area contributed by atoms with Crippen LogP contribution in [-0.4, -0.2) is 78.0 Å². The highest BCUT2D eigenvalue weighted by molar-refractivity contribution is 5.87. The lowest BCUT2D eigenvalue weighted by Gasteiger charge is -2.37. The lowest BCUT2D eigenvalue weighted by atomic mass is 10.0. The number of hydrogen-bond acceptors (Lipinski definition) is 9. The van der Waals surface area contributed by atoms with E-state index in [-0.39, 0.29) is 5.91 Å². The van der Waals surface area contributed by atoms with Crippen molar-refractivity contribution in [2.45, 2.75) is 32.4 Å². The number of nitriles is 1. The number of rotatable bonds is 6.